The summed E-state index contributed by atoms with van der Waals surface area (Å²) in [5.41, 5.74) is 0.327. The number of piperidine rings is 1. The molecule has 176 valence electrons. The predicted molar refractivity (Wildman–Crippen MR) is 121 cm³/mol. The molecule has 1 aromatic carbocycles. The van der Waals surface area contributed by atoms with Crippen LogP contribution >= 0.6 is 0 Å². The highest BCUT2D eigenvalue weighted by atomic mass is 16.5. The monoisotopic (exact) mass is 454 g/mol. The number of nitrogens with one attached hydrogen (secondary N) is 2. The lowest BCUT2D eigenvalue weighted by Crippen LogP contribution is -2.46. The SMILES string of the molecule is O=C1NCCOCCCCC2(CCN(C(=O)c3ccc(=O)[nH]n3)CC2)COc2ccccc21. The fourth-order valence-corrected chi connectivity index (χ4v) is 4.43. The standard InChI is InChI=1S/C24H30N4O5/c29-21-8-7-19(26-27-21)23(31)28-13-10-24(11-14-28)9-3-4-15-32-16-12-25-22(30)18-5-1-2-6-20(18)33-17-24/h1-2,5-8H,3-4,9-17H2,(H,25,30)(H,27,29). The molecule has 1 fully saturated rings. The lowest BCUT2D eigenvalue weighted by molar-refractivity contribution is 0.0337. The smallest absolute Gasteiger partial charge is 0.274 e. The van der Waals surface area contributed by atoms with Crippen LogP contribution in [0.5, 0.6) is 5.75 Å². The van der Waals surface area contributed by atoms with Crippen molar-refractivity contribution in [1.82, 2.24) is 20.4 Å². The average Bonchev–Trinajstić information content (AvgIpc) is 2.84. The van der Waals surface area contributed by atoms with E-state index in [-0.39, 0.29) is 28.5 Å². The van der Waals surface area contributed by atoms with Gasteiger partial charge in [-0.3, -0.25) is 14.4 Å². The molecular formula is C24H30N4O5. The van der Waals surface area contributed by atoms with E-state index in [1.54, 1.807) is 11.0 Å². The first-order chi connectivity index (χ1) is 16.1. The van der Waals surface area contributed by atoms with Crippen LogP contribution in [0.1, 0.15) is 53.0 Å². The van der Waals surface area contributed by atoms with Gasteiger partial charge in [-0.15, -0.1) is 0 Å². The normalized spacial score (nSPS) is 19.6. The molecular weight excluding hydrogens is 424 g/mol. The number of rotatable bonds is 1. The zero-order valence-corrected chi connectivity index (χ0v) is 18.7. The minimum absolute atomic E-state index is 0.0943. The maximum atomic E-state index is 12.8. The van der Waals surface area contributed by atoms with Crippen LogP contribution in [0.15, 0.2) is 41.2 Å². The summed E-state index contributed by atoms with van der Waals surface area (Å²) in [6.45, 7) is 3.26. The highest BCUT2D eigenvalue weighted by Gasteiger charge is 2.37. The summed E-state index contributed by atoms with van der Waals surface area (Å²) >= 11 is 0. The number of benzene rings is 1. The van der Waals surface area contributed by atoms with Gasteiger partial charge in [0.15, 0.2) is 0 Å². The second-order valence-electron chi connectivity index (χ2n) is 8.71. The summed E-state index contributed by atoms with van der Waals surface area (Å²) in [6.07, 6.45) is 4.49. The van der Waals surface area contributed by atoms with Gasteiger partial charge in [-0.1, -0.05) is 18.6 Å². The van der Waals surface area contributed by atoms with Gasteiger partial charge in [0, 0.05) is 37.7 Å². The third-order valence-corrected chi connectivity index (χ3v) is 6.45. The Bertz CT molecular complexity index is 1010. The summed E-state index contributed by atoms with van der Waals surface area (Å²) in [5.74, 6) is 0.218. The van der Waals surface area contributed by atoms with E-state index in [4.69, 9.17) is 9.47 Å². The minimum atomic E-state index is -0.334. The Balaban J connectivity index is 1.47. The number of nitrogens with zero attached hydrogens (tertiary/aromatic N) is 2. The van der Waals surface area contributed by atoms with Gasteiger partial charge in [0.05, 0.1) is 18.8 Å². The van der Waals surface area contributed by atoms with Crippen molar-refractivity contribution in [1.29, 1.82) is 0 Å². The Morgan fingerprint density at radius 2 is 1.82 bits per heavy atom. The fourth-order valence-electron chi connectivity index (χ4n) is 4.43. The predicted octanol–water partition coefficient (Wildman–Crippen LogP) is 2.00. The van der Waals surface area contributed by atoms with Crippen LogP contribution in [-0.4, -0.2) is 66.4 Å². The van der Waals surface area contributed by atoms with Gasteiger partial charge in [-0.25, -0.2) is 5.10 Å². The maximum absolute atomic E-state index is 12.8. The van der Waals surface area contributed by atoms with Crippen molar-refractivity contribution in [3.8, 4) is 5.75 Å². The van der Waals surface area contributed by atoms with E-state index >= 15 is 0 Å². The van der Waals surface area contributed by atoms with Crippen molar-refractivity contribution >= 4 is 11.8 Å². The van der Waals surface area contributed by atoms with Crippen LogP contribution in [0.4, 0.5) is 0 Å². The maximum Gasteiger partial charge on any atom is 0.274 e. The summed E-state index contributed by atoms with van der Waals surface area (Å²) in [4.78, 5) is 38.4. The molecule has 2 aromatic rings. The van der Waals surface area contributed by atoms with Crippen molar-refractivity contribution < 1.29 is 19.1 Å². The molecule has 1 saturated heterocycles. The first-order valence-corrected chi connectivity index (χ1v) is 11.5. The van der Waals surface area contributed by atoms with Crippen LogP contribution < -0.4 is 15.6 Å². The summed E-state index contributed by atoms with van der Waals surface area (Å²) in [6, 6.07) is 10.1. The summed E-state index contributed by atoms with van der Waals surface area (Å²) in [5, 5.41) is 9.08. The fraction of sp³-hybridized carbons (Fsp3) is 0.500. The Morgan fingerprint density at radius 3 is 2.61 bits per heavy atom. The molecule has 33 heavy (non-hydrogen) atoms. The van der Waals surface area contributed by atoms with Crippen LogP contribution in [0.2, 0.25) is 0 Å². The van der Waals surface area contributed by atoms with E-state index in [1.807, 2.05) is 18.2 Å². The van der Waals surface area contributed by atoms with Crippen molar-refractivity contribution in [3.63, 3.8) is 0 Å². The first kappa shape index (κ1) is 23.0. The van der Waals surface area contributed by atoms with Gasteiger partial charge < -0.3 is 19.7 Å². The lowest BCUT2D eigenvalue weighted by atomic mass is 9.75. The average molecular weight is 455 g/mol. The number of amides is 2. The van der Waals surface area contributed by atoms with E-state index in [1.165, 1.54) is 12.1 Å². The number of hydrogen-bond donors (Lipinski definition) is 2. The lowest BCUT2D eigenvalue weighted by Gasteiger charge is -2.41. The van der Waals surface area contributed by atoms with Crippen LogP contribution in [0, 0.1) is 5.41 Å². The third-order valence-electron chi connectivity index (χ3n) is 6.45. The number of hydrogen-bond acceptors (Lipinski definition) is 6. The number of para-hydroxylation sites is 1. The van der Waals surface area contributed by atoms with Crippen molar-refractivity contribution in [2.45, 2.75) is 32.1 Å². The topological polar surface area (TPSA) is 114 Å². The molecule has 1 spiro atoms. The van der Waals surface area contributed by atoms with Crippen molar-refractivity contribution in [3.05, 3.63) is 58.0 Å². The quantitative estimate of drug-likeness (QED) is 0.681. The van der Waals surface area contributed by atoms with Gasteiger partial charge in [-0.05, 0) is 43.9 Å². The number of ether oxygens (including phenoxy) is 2. The number of carbonyl (C=O) groups is 2. The first-order valence-electron chi connectivity index (χ1n) is 11.5. The largest absolute Gasteiger partial charge is 0.492 e. The van der Waals surface area contributed by atoms with Gasteiger partial charge in [0.1, 0.15) is 11.4 Å². The molecule has 0 unspecified atom stereocenters. The molecule has 0 aliphatic carbocycles. The minimum Gasteiger partial charge on any atom is -0.492 e. The van der Waals surface area contributed by atoms with Crippen molar-refractivity contribution in [2.75, 3.05) is 39.5 Å². The molecule has 0 atom stereocenters. The second-order valence-corrected chi connectivity index (χ2v) is 8.71. The second kappa shape index (κ2) is 10.6. The molecule has 4 rings (SSSR count). The molecule has 9 heteroatoms. The molecule has 2 amide bonds. The van der Waals surface area contributed by atoms with E-state index in [9.17, 15) is 14.4 Å². The van der Waals surface area contributed by atoms with Crippen molar-refractivity contribution in [2.24, 2.45) is 5.41 Å². The van der Waals surface area contributed by atoms with E-state index in [2.05, 4.69) is 15.5 Å². The van der Waals surface area contributed by atoms with E-state index in [0.717, 1.165) is 32.1 Å². The number of H-pyrrole nitrogens is 1. The highest BCUT2D eigenvalue weighted by molar-refractivity contribution is 5.96. The molecule has 3 heterocycles. The zero-order chi connectivity index (χ0) is 23.1. The van der Waals surface area contributed by atoms with Crippen LogP contribution in [-0.2, 0) is 4.74 Å². The molecule has 0 saturated carbocycles. The Morgan fingerprint density at radius 1 is 1.00 bits per heavy atom. The molecule has 9 nitrogen and oxygen atoms in total. The summed E-state index contributed by atoms with van der Waals surface area (Å²) < 4.78 is 11.9. The number of aromatic nitrogens is 2. The number of fused-ring (bicyclic) bond motifs is 1. The van der Waals surface area contributed by atoms with Gasteiger partial charge in [0.2, 0.25) is 0 Å². The zero-order valence-electron chi connectivity index (χ0n) is 18.7. The van der Waals surface area contributed by atoms with Crippen LogP contribution in [0.3, 0.4) is 0 Å². The van der Waals surface area contributed by atoms with Gasteiger partial charge >= 0.3 is 0 Å². The highest BCUT2D eigenvalue weighted by Crippen LogP contribution is 2.38. The van der Waals surface area contributed by atoms with Crippen LogP contribution in [0.25, 0.3) is 0 Å². The Labute approximate surface area is 192 Å². The van der Waals surface area contributed by atoms with Gasteiger partial charge in [0.25, 0.3) is 17.4 Å². The number of aromatic amines is 1. The molecule has 2 aliphatic rings. The number of likely N-dealkylation sites (tertiary alicyclic amines) is 1. The van der Waals surface area contributed by atoms with E-state index in [0.29, 0.717) is 50.8 Å². The Hall–Kier alpha value is -3.20. The Kier molecular flexibility index (Phi) is 7.39. The molecule has 1 aromatic heterocycles. The molecule has 0 radical (unpaired) electrons. The molecule has 2 aliphatic heterocycles. The van der Waals surface area contributed by atoms with Gasteiger partial charge in [-0.2, -0.15) is 5.10 Å². The third kappa shape index (κ3) is 5.78. The number of carbonyl (C=O) groups excluding carboxylic acids is 2. The molecule has 2 N–H and O–H groups in total. The van der Waals surface area contributed by atoms with E-state index < -0.39 is 0 Å². The molecule has 0 bridgehead atoms. The summed E-state index contributed by atoms with van der Waals surface area (Å²) in [7, 11) is 0.